The second kappa shape index (κ2) is 9.73. The standard InChI is InChI=1S/C20H27N3O5S/c1-14-6-8-16(10-19(14)29(25,26)21-2)22-20(24)13-23(3)12-15-7-9-17(27-4)11-18(15)28-5/h6-11,21H,12-13H2,1-5H3,(H,22,24)/p+1. The minimum Gasteiger partial charge on any atom is -0.497 e. The summed E-state index contributed by atoms with van der Waals surface area (Å²) in [6.07, 6.45) is 0. The van der Waals surface area contributed by atoms with Gasteiger partial charge in [-0.15, -0.1) is 0 Å². The Labute approximate surface area is 171 Å². The molecule has 0 fully saturated rings. The van der Waals surface area contributed by atoms with Crippen LogP contribution in [0.5, 0.6) is 11.5 Å². The van der Waals surface area contributed by atoms with E-state index in [4.69, 9.17) is 9.47 Å². The van der Waals surface area contributed by atoms with Crippen molar-refractivity contribution in [3.63, 3.8) is 0 Å². The lowest BCUT2D eigenvalue weighted by Crippen LogP contribution is -3.08. The van der Waals surface area contributed by atoms with Crippen LogP contribution in [0.3, 0.4) is 0 Å². The van der Waals surface area contributed by atoms with Crippen molar-refractivity contribution >= 4 is 21.6 Å². The van der Waals surface area contributed by atoms with Crippen LogP contribution in [0.4, 0.5) is 5.69 Å². The van der Waals surface area contributed by atoms with Crippen molar-refractivity contribution in [1.82, 2.24) is 4.72 Å². The van der Waals surface area contributed by atoms with Gasteiger partial charge in [0.15, 0.2) is 6.54 Å². The molecule has 1 atom stereocenters. The molecule has 2 rings (SSSR count). The minimum atomic E-state index is -3.60. The number of hydrogen-bond donors (Lipinski definition) is 3. The molecule has 0 spiro atoms. The number of anilines is 1. The van der Waals surface area contributed by atoms with Gasteiger partial charge in [-0.3, -0.25) is 4.79 Å². The highest BCUT2D eigenvalue weighted by Gasteiger charge is 2.17. The van der Waals surface area contributed by atoms with Crippen LogP contribution in [0.2, 0.25) is 0 Å². The van der Waals surface area contributed by atoms with Gasteiger partial charge in [0.2, 0.25) is 10.0 Å². The van der Waals surface area contributed by atoms with Crippen LogP contribution in [-0.4, -0.2) is 49.2 Å². The zero-order valence-corrected chi connectivity index (χ0v) is 18.1. The number of quaternary nitrogens is 1. The Morgan fingerprint density at radius 2 is 1.83 bits per heavy atom. The number of sulfonamides is 1. The van der Waals surface area contributed by atoms with Gasteiger partial charge in [0.05, 0.1) is 26.2 Å². The van der Waals surface area contributed by atoms with Gasteiger partial charge in [0.1, 0.15) is 18.0 Å². The van der Waals surface area contributed by atoms with Crippen LogP contribution in [-0.2, 0) is 21.4 Å². The zero-order chi connectivity index (χ0) is 21.6. The summed E-state index contributed by atoms with van der Waals surface area (Å²) in [4.78, 5) is 13.5. The molecule has 9 heteroatoms. The lowest BCUT2D eigenvalue weighted by molar-refractivity contribution is -0.885. The van der Waals surface area contributed by atoms with E-state index in [2.05, 4.69) is 10.0 Å². The summed E-state index contributed by atoms with van der Waals surface area (Å²) in [6, 6.07) is 10.4. The number of carbonyl (C=O) groups excluding carboxylic acids is 1. The van der Waals surface area contributed by atoms with Gasteiger partial charge in [0, 0.05) is 17.3 Å². The molecular formula is C20H28N3O5S+. The quantitative estimate of drug-likeness (QED) is 0.549. The lowest BCUT2D eigenvalue weighted by Gasteiger charge is -2.16. The number of ether oxygens (including phenoxy) is 2. The third-order valence-corrected chi connectivity index (χ3v) is 6.04. The van der Waals surface area contributed by atoms with Crippen LogP contribution in [0, 0.1) is 6.92 Å². The van der Waals surface area contributed by atoms with Crippen LogP contribution < -0.4 is 24.4 Å². The molecule has 0 aliphatic heterocycles. The van der Waals surface area contributed by atoms with E-state index in [0.717, 1.165) is 10.5 Å². The Bertz CT molecular complexity index is 976. The first kappa shape index (κ1) is 22.7. The van der Waals surface area contributed by atoms with Crippen molar-refractivity contribution in [2.75, 3.05) is 40.2 Å². The molecule has 0 aliphatic carbocycles. The highest BCUT2D eigenvalue weighted by Crippen LogP contribution is 2.24. The van der Waals surface area contributed by atoms with Crippen molar-refractivity contribution in [1.29, 1.82) is 0 Å². The number of rotatable bonds is 9. The third-order valence-electron chi connectivity index (χ3n) is 4.48. The van der Waals surface area contributed by atoms with E-state index in [0.29, 0.717) is 29.3 Å². The second-order valence-electron chi connectivity index (χ2n) is 6.72. The van der Waals surface area contributed by atoms with Crippen molar-refractivity contribution in [2.45, 2.75) is 18.4 Å². The van der Waals surface area contributed by atoms with Crippen LogP contribution in [0.25, 0.3) is 0 Å². The highest BCUT2D eigenvalue weighted by molar-refractivity contribution is 7.89. The molecule has 0 saturated carbocycles. The molecule has 0 radical (unpaired) electrons. The number of likely N-dealkylation sites (N-methyl/N-ethyl adjacent to an activating group) is 1. The van der Waals surface area contributed by atoms with Gasteiger partial charge < -0.3 is 19.7 Å². The second-order valence-corrected chi connectivity index (χ2v) is 8.58. The summed E-state index contributed by atoms with van der Waals surface area (Å²) in [7, 11) is 2.84. The van der Waals surface area contributed by atoms with E-state index in [9.17, 15) is 13.2 Å². The van der Waals surface area contributed by atoms with Crippen molar-refractivity contribution in [3.05, 3.63) is 47.5 Å². The third kappa shape index (κ3) is 5.93. The average molecular weight is 423 g/mol. The molecule has 1 amide bonds. The Hall–Kier alpha value is -2.62. The number of methoxy groups -OCH3 is 2. The smallest absolute Gasteiger partial charge is 0.279 e. The van der Waals surface area contributed by atoms with Gasteiger partial charge in [0.25, 0.3) is 5.91 Å². The summed E-state index contributed by atoms with van der Waals surface area (Å²) in [5.41, 5.74) is 1.99. The molecule has 0 bridgehead atoms. The largest absolute Gasteiger partial charge is 0.497 e. The molecular weight excluding hydrogens is 394 g/mol. The minimum absolute atomic E-state index is 0.140. The maximum absolute atomic E-state index is 12.4. The predicted octanol–water partition coefficient (Wildman–Crippen LogP) is 0.574. The van der Waals surface area contributed by atoms with Gasteiger partial charge in [-0.2, -0.15) is 0 Å². The van der Waals surface area contributed by atoms with Gasteiger partial charge in [-0.25, -0.2) is 13.1 Å². The molecule has 158 valence electrons. The Kier molecular flexibility index (Phi) is 7.60. The molecule has 0 heterocycles. The number of nitrogens with one attached hydrogen (secondary N) is 3. The summed E-state index contributed by atoms with van der Waals surface area (Å²) in [5.74, 6) is 1.18. The maximum atomic E-state index is 12.4. The topological polar surface area (TPSA) is 98.2 Å². The summed E-state index contributed by atoms with van der Waals surface area (Å²) >= 11 is 0. The number of aryl methyl sites for hydroxylation is 1. The molecule has 8 nitrogen and oxygen atoms in total. The van der Waals surface area contributed by atoms with Crippen molar-refractivity contribution < 1.29 is 27.6 Å². The molecule has 2 aromatic carbocycles. The fourth-order valence-corrected chi connectivity index (χ4v) is 3.94. The average Bonchev–Trinajstić information content (AvgIpc) is 2.69. The highest BCUT2D eigenvalue weighted by atomic mass is 32.2. The summed E-state index contributed by atoms with van der Waals surface area (Å²) in [5, 5.41) is 2.77. The Morgan fingerprint density at radius 3 is 2.45 bits per heavy atom. The van der Waals surface area contributed by atoms with Gasteiger partial charge in [-0.05, 0) is 43.8 Å². The molecule has 1 unspecified atom stereocenters. The molecule has 0 aliphatic rings. The Morgan fingerprint density at radius 1 is 1.10 bits per heavy atom. The maximum Gasteiger partial charge on any atom is 0.279 e. The van der Waals surface area contributed by atoms with E-state index in [1.165, 1.54) is 13.1 Å². The fraction of sp³-hybridized carbons (Fsp3) is 0.350. The number of hydrogen-bond acceptors (Lipinski definition) is 5. The van der Waals surface area contributed by atoms with E-state index in [1.54, 1.807) is 39.3 Å². The molecule has 0 saturated heterocycles. The van der Waals surface area contributed by atoms with Crippen LogP contribution in [0.15, 0.2) is 41.3 Å². The van der Waals surface area contributed by atoms with Crippen LogP contribution in [0.1, 0.15) is 11.1 Å². The number of carbonyl (C=O) groups is 1. The van der Waals surface area contributed by atoms with E-state index < -0.39 is 10.0 Å². The first-order chi connectivity index (χ1) is 13.7. The molecule has 3 N–H and O–H groups in total. The zero-order valence-electron chi connectivity index (χ0n) is 17.3. The SMILES string of the molecule is CNS(=O)(=O)c1cc(NC(=O)C[NH+](C)Cc2ccc(OC)cc2OC)ccc1C. The normalized spacial score (nSPS) is 12.3. The first-order valence-corrected chi connectivity index (χ1v) is 10.5. The van der Waals surface area contributed by atoms with Crippen molar-refractivity contribution in [3.8, 4) is 11.5 Å². The Balaban J connectivity index is 2.05. The summed E-state index contributed by atoms with van der Waals surface area (Å²) in [6.45, 7) is 2.49. The lowest BCUT2D eigenvalue weighted by atomic mass is 10.1. The summed E-state index contributed by atoms with van der Waals surface area (Å²) < 4.78 is 37.1. The van der Waals surface area contributed by atoms with E-state index >= 15 is 0 Å². The monoisotopic (exact) mass is 422 g/mol. The van der Waals surface area contributed by atoms with Gasteiger partial charge in [-0.1, -0.05) is 6.07 Å². The molecule has 0 aromatic heterocycles. The van der Waals surface area contributed by atoms with E-state index in [-0.39, 0.29) is 17.3 Å². The molecule has 2 aromatic rings. The first-order valence-electron chi connectivity index (χ1n) is 9.06. The molecule has 29 heavy (non-hydrogen) atoms. The predicted molar refractivity (Wildman–Crippen MR) is 111 cm³/mol. The number of benzene rings is 2. The number of amides is 1. The van der Waals surface area contributed by atoms with Gasteiger partial charge >= 0.3 is 0 Å². The van der Waals surface area contributed by atoms with Crippen LogP contribution >= 0.6 is 0 Å². The van der Waals surface area contributed by atoms with E-state index in [1.807, 2.05) is 19.2 Å². The van der Waals surface area contributed by atoms with Crippen molar-refractivity contribution in [2.24, 2.45) is 0 Å². The fourth-order valence-electron chi connectivity index (χ4n) is 2.94.